The van der Waals surface area contributed by atoms with Crippen molar-refractivity contribution in [1.29, 1.82) is 0 Å². The second-order valence-electron chi connectivity index (χ2n) is 4.20. The van der Waals surface area contributed by atoms with Gasteiger partial charge in [0.05, 0.1) is 17.5 Å². The number of carbonyl (C=O) groups is 1. The second kappa shape index (κ2) is 7.47. The van der Waals surface area contributed by atoms with Crippen LogP contribution in [0.3, 0.4) is 0 Å². The molecule has 0 saturated carbocycles. The standard InChI is InChI=1S/C13H18N2O2S2/c1-15(8-7-11(16)17)12(13(14)18)9-3-5-10(19-2)6-4-9/h3-6,12H,7-8H2,1-2H3,(H2,14,18)(H,16,17). The van der Waals surface area contributed by atoms with Gasteiger partial charge >= 0.3 is 5.97 Å². The number of nitrogens with zero attached hydrogens (tertiary/aromatic N) is 1. The number of nitrogens with two attached hydrogens (primary N) is 1. The Morgan fingerprint density at radius 3 is 2.47 bits per heavy atom. The SMILES string of the molecule is CSc1ccc(C(C(N)=S)N(C)CCC(=O)O)cc1. The Labute approximate surface area is 123 Å². The van der Waals surface area contributed by atoms with E-state index in [1.54, 1.807) is 11.8 Å². The molecule has 0 aliphatic rings. The van der Waals surface area contributed by atoms with E-state index in [4.69, 9.17) is 23.1 Å². The van der Waals surface area contributed by atoms with Crippen LogP contribution in [0.15, 0.2) is 29.2 Å². The lowest BCUT2D eigenvalue weighted by Gasteiger charge is -2.27. The fourth-order valence-electron chi connectivity index (χ4n) is 1.82. The zero-order valence-electron chi connectivity index (χ0n) is 11.0. The molecule has 4 nitrogen and oxygen atoms in total. The average Bonchev–Trinajstić information content (AvgIpc) is 2.37. The molecule has 0 radical (unpaired) electrons. The van der Waals surface area contributed by atoms with Crippen LogP contribution in [0.2, 0.25) is 0 Å². The molecule has 1 rings (SSSR count). The van der Waals surface area contributed by atoms with Crippen LogP contribution in [0, 0.1) is 0 Å². The third-order valence-electron chi connectivity index (χ3n) is 2.82. The monoisotopic (exact) mass is 298 g/mol. The first-order valence-electron chi connectivity index (χ1n) is 5.81. The molecular weight excluding hydrogens is 280 g/mol. The van der Waals surface area contributed by atoms with Gasteiger partial charge in [-0.05, 0) is 31.0 Å². The Hall–Kier alpha value is -1.11. The van der Waals surface area contributed by atoms with Crippen molar-refractivity contribution in [2.45, 2.75) is 17.4 Å². The van der Waals surface area contributed by atoms with Crippen molar-refractivity contribution in [3.63, 3.8) is 0 Å². The van der Waals surface area contributed by atoms with Crippen LogP contribution in [0.25, 0.3) is 0 Å². The summed E-state index contributed by atoms with van der Waals surface area (Å²) in [5, 5.41) is 8.73. The molecule has 0 heterocycles. The number of benzene rings is 1. The highest BCUT2D eigenvalue weighted by Gasteiger charge is 2.20. The Morgan fingerprint density at radius 2 is 2.05 bits per heavy atom. The van der Waals surface area contributed by atoms with Gasteiger partial charge in [0.1, 0.15) is 0 Å². The van der Waals surface area contributed by atoms with E-state index in [9.17, 15) is 4.79 Å². The zero-order valence-corrected chi connectivity index (χ0v) is 12.6. The summed E-state index contributed by atoms with van der Waals surface area (Å²) in [7, 11) is 1.83. The third kappa shape index (κ3) is 4.81. The fraction of sp³-hybridized carbons (Fsp3) is 0.385. The summed E-state index contributed by atoms with van der Waals surface area (Å²) in [5.41, 5.74) is 6.77. The molecule has 0 spiro atoms. The summed E-state index contributed by atoms with van der Waals surface area (Å²) < 4.78 is 0. The predicted molar refractivity (Wildman–Crippen MR) is 82.6 cm³/mol. The van der Waals surface area contributed by atoms with Gasteiger partial charge in [-0.25, -0.2) is 0 Å². The molecule has 1 aromatic carbocycles. The van der Waals surface area contributed by atoms with Crippen LogP contribution in [0.1, 0.15) is 18.0 Å². The van der Waals surface area contributed by atoms with E-state index in [2.05, 4.69) is 0 Å². The van der Waals surface area contributed by atoms with Gasteiger partial charge in [0, 0.05) is 11.4 Å². The number of rotatable bonds is 7. The highest BCUT2D eigenvalue weighted by atomic mass is 32.2. The molecule has 19 heavy (non-hydrogen) atoms. The molecule has 0 saturated heterocycles. The largest absolute Gasteiger partial charge is 0.481 e. The van der Waals surface area contributed by atoms with E-state index in [0.29, 0.717) is 11.5 Å². The van der Waals surface area contributed by atoms with Crippen LogP contribution in [0.4, 0.5) is 0 Å². The van der Waals surface area contributed by atoms with E-state index >= 15 is 0 Å². The first-order chi connectivity index (χ1) is 8.95. The molecule has 0 aliphatic heterocycles. The highest BCUT2D eigenvalue weighted by molar-refractivity contribution is 7.98. The van der Waals surface area contributed by atoms with Gasteiger partial charge in [0.2, 0.25) is 0 Å². The minimum Gasteiger partial charge on any atom is -0.481 e. The normalized spacial score (nSPS) is 12.4. The van der Waals surface area contributed by atoms with Gasteiger partial charge in [0.25, 0.3) is 0 Å². The summed E-state index contributed by atoms with van der Waals surface area (Å²) in [6, 6.07) is 7.75. The van der Waals surface area contributed by atoms with Crippen molar-refractivity contribution in [2.24, 2.45) is 5.73 Å². The van der Waals surface area contributed by atoms with Gasteiger partial charge in [-0.15, -0.1) is 11.8 Å². The Balaban J connectivity index is 2.86. The zero-order chi connectivity index (χ0) is 14.4. The average molecular weight is 298 g/mol. The number of hydrogen-bond acceptors (Lipinski definition) is 4. The fourth-order valence-corrected chi connectivity index (χ4v) is 2.55. The highest BCUT2D eigenvalue weighted by Crippen LogP contribution is 2.23. The van der Waals surface area contributed by atoms with Crippen LogP contribution in [-0.4, -0.2) is 40.8 Å². The van der Waals surface area contributed by atoms with Crippen LogP contribution < -0.4 is 5.73 Å². The molecule has 1 aromatic rings. The van der Waals surface area contributed by atoms with Gasteiger partial charge in [-0.1, -0.05) is 24.4 Å². The smallest absolute Gasteiger partial charge is 0.304 e. The van der Waals surface area contributed by atoms with Gasteiger partial charge < -0.3 is 10.8 Å². The molecule has 1 unspecified atom stereocenters. The number of thioether (sulfide) groups is 1. The van der Waals surface area contributed by atoms with Crippen molar-refractivity contribution in [1.82, 2.24) is 4.90 Å². The first-order valence-corrected chi connectivity index (χ1v) is 7.44. The van der Waals surface area contributed by atoms with Crippen molar-refractivity contribution >= 4 is 34.9 Å². The third-order valence-corrected chi connectivity index (χ3v) is 3.79. The van der Waals surface area contributed by atoms with E-state index < -0.39 is 5.97 Å². The Bertz CT molecular complexity index is 448. The van der Waals surface area contributed by atoms with Crippen molar-refractivity contribution in [3.8, 4) is 0 Å². The number of likely N-dealkylation sites (N-methyl/N-ethyl adjacent to an activating group) is 1. The second-order valence-corrected chi connectivity index (χ2v) is 5.55. The van der Waals surface area contributed by atoms with Crippen molar-refractivity contribution < 1.29 is 9.90 Å². The Morgan fingerprint density at radius 1 is 1.47 bits per heavy atom. The van der Waals surface area contributed by atoms with E-state index in [1.807, 2.05) is 42.5 Å². The Kier molecular flexibility index (Phi) is 6.27. The van der Waals surface area contributed by atoms with E-state index in [-0.39, 0.29) is 12.5 Å². The summed E-state index contributed by atoms with van der Waals surface area (Å²) in [5.74, 6) is -0.828. The van der Waals surface area contributed by atoms with E-state index in [1.165, 1.54) is 4.90 Å². The predicted octanol–water partition coefficient (Wildman–Crippen LogP) is 2.14. The lowest BCUT2D eigenvalue weighted by Crippen LogP contribution is -2.35. The number of carboxylic acids is 1. The van der Waals surface area contributed by atoms with Crippen molar-refractivity contribution in [2.75, 3.05) is 19.8 Å². The summed E-state index contributed by atoms with van der Waals surface area (Å²) in [4.78, 5) is 14.0. The molecule has 1 atom stereocenters. The maximum atomic E-state index is 10.6. The number of carboxylic acid groups (broad SMARTS) is 1. The number of aliphatic carboxylic acids is 1. The minimum atomic E-state index is -0.828. The number of hydrogen-bond donors (Lipinski definition) is 2. The molecule has 3 N–H and O–H groups in total. The quantitative estimate of drug-likeness (QED) is 0.594. The molecule has 0 fully saturated rings. The minimum absolute atomic E-state index is 0.0680. The molecule has 6 heteroatoms. The van der Waals surface area contributed by atoms with Gasteiger partial charge in [-0.2, -0.15) is 0 Å². The van der Waals surface area contributed by atoms with Crippen LogP contribution in [-0.2, 0) is 4.79 Å². The molecular formula is C13H18N2O2S2. The molecule has 104 valence electrons. The van der Waals surface area contributed by atoms with Gasteiger partial charge in [0.15, 0.2) is 0 Å². The molecule has 0 amide bonds. The lowest BCUT2D eigenvalue weighted by atomic mass is 10.1. The maximum absolute atomic E-state index is 10.6. The summed E-state index contributed by atoms with van der Waals surface area (Å²) in [6.07, 6.45) is 2.08. The molecule has 0 aromatic heterocycles. The van der Waals surface area contributed by atoms with Crippen molar-refractivity contribution in [3.05, 3.63) is 29.8 Å². The maximum Gasteiger partial charge on any atom is 0.304 e. The van der Waals surface area contributed by atoms with Crippen LogP contribution in [0.5, 0.6) is 0 Å². The topological polar surface area (TPSA) is 66.6 Å². The number of thiocarbonyl (C=S) groups is 1. The lowest BCUT2D eigenvalue weighted by molar-refractivity contribution is -0.137. The van der Waals surface area contributed by atoms with Gasteiger partial charge in [-0.3, -0.25) is 9.69 Å². The van der Waals surface area contributed by atoms with Crippen LogP contribution >= 0.6 is 24.0 Å². The first kappa shape index (κ1) is 15.9. The summed E-state index contributed by atoms with van der Waals surface area (Å²) in [6.45, 7) is 0.404. The summed E-state index contributed by atoms with van der Waals surface area (Å²) >= 11 is 6.76. The molecule has 0 aliphatic carbocycles. The molecule has 0 bridgehead atoms. The van der Waals surface area contributed by atoms with E-state index in [0.717, 1.165) is 5.56 Å².